The number of benzene rings is 2. The Kier molecular flexibility index (Phi) is 4.39. The molecular formula is C18H21N3O. The average Bonchev–Trinajstić information content (AvgIpc) is 2.57. The van der Waals surface area contributed by atoms with Crippen LogP contribution in [-0.2, 0) is 0 Å². The van der Waals surface area contributed by atoms with Crippen LogP contribution in [0.3, 0.4) is 0 Å². The van der Waals surface area contributed by atoms with Crippen LogP contribution in [0.2, 0.25) is 0 Å². The van der Waals surface area contributed by atoms with Crippen LogP contribution < -0.4 is 5.32 Å². The number of aliphatic hydroxyl groups is 1. The van der Waals surface area contributed by atoms with Gasteiger partial charge in [-0.15, -0.1) is 0 Å². The molecule has 2 aromatic rings. The van der Waals surface area contributed by atoms with E-state index in [9.17, 15) is 5.11 Å². The summed E-state index contributed by atoms with van der Waals surface area (Å²) in [4.78, 5) is 1.98. The molecule has 0 radical (unpaired) electrons. The van der Waals surface area contributed by atoms with Crippen molar-refractivity contribution in [1.82, 2.24) is 4.90 Å². The highest BCUT2D eigenvalue weighted by Crippen LogP contribution is 2.27. The summed E-state index contributed by atoms with van der Waals surface area (Å²) in [5.74, 6) is 0.398. The molecule has 0 atom stereocenters. The Morgan fingerprint density at radius 1 is 1.00 bits per heavy atom. The number of rotatable bonds is 2. The smallest absolute Gasteiger partial charge is 0.195 e. The predicted molar refractivity (Wildman–Crippen MR) is 90.0 cm³/mol. The van der Waals surface area contributed by atoms with Gasteiger partial charge in [-0.1, -0.05) is 48.5 Å². The fraction of sp³-hybridized carbons (Fsp3) is 0.278. The van der Waals surface area contributed by atoms with Crippen LogP contribution in [0, 0.1) is 5.41 Å². The Morgan fingerprint density at radius 2 is 1.64 bits per heavy atom. The van der Waals surface area contributed by atoms with Gasteiger partial charge in [-0.3, -0.25) is 5.41 Å². The standard InChI is InChI=1S/C18H21N3O/c19-18(21-12-10-15(22)11-13-21)20-17-9-5-4-8-16(17)14-6-2-1-3-7-14/h1-9,15,22H,10-13H2,(H2,19,20). The van der Waals surface area contributed by atoms with Crippen molar-refractivity contribution in [1.29, 1.82) is 5.41 Å². The molecule has 2 aromatic carbocycles. The molecule has 0 amide bonds. The lowest BCUT2D eigenvalue weighted by Gasteiger charge is -2.31. The lowest BCUT2D eigenvalue weighted by molar-refractivity contribution is 0.109. The summed E-state index contributed by atoms with van der Waals surface area (Å²) in [5.41, 5.74) is 3.15. The minimum Gasteiger partial charge on any atom is -0.393 e. The van der Waals surface area contributed by atoms with Gasteiger partial charge in [0.2, 0.25) is 0 Å². The third kappa shape index (κ3) is 3.28. The van der Waals surface area contributed by atoms with Crippen molar-refractivity contribution >= 4 is 11.6 Å². The number of aliphatic hydroxyl groups excluding tert-OH is 1. The summed E-state index contributed by atoms with van der Waals surface area (Å²) in [7, 11) is 0. The van der Waals surface area contributed by atoms with Crippen LogP contribution in [0.25, 0.3) is 11.1 Å². The van der Waals surface area contributed by atoms with Crippen LogP contribution in [0.5, 0.6) is 0 Å². The van der Waals surface area contributed by atoms with Crippen molar-refractivity contribution in [3.05, 3.63) is 54.6 Å². The molecule has 1 aliphatic heterocycles. The number of nitrogens with zero attached hydrogens (tertiary/aromatic N) is 1. The van der Waals surface area contributed by atoms with Gasteiger partial charge < -0.3 is 15.3 Å². The van der Waals surface area contributed by atoms with E-state index in [1.165, 1.54) is 0 Å². The fourth-order valence-electron chi connectivity index (χ4n) is 2.76. The number of hydrogen-bond donors (Lipinski definition) is 3. The second-order valence-electron chi connectivity index (χ2n) is 5.60. The molecule has 0 bridgehead atoms. The first kappa shape index (κ1) is 14.6. The number of hydrogen-bond acceptors (Lipinski definition) is 2. The molecule has 22 heavy (non-hydrogen) atoms. The molecule has 4 nitrogen and oxygen atoms in total. The van der Waals surface area contributed by atoms with Gasteiger partial charge in [-0.05, 0) is 24.5 Å². The van der Waals surface area contributed by atoms with Crippen molar-refractivity contribution in [3.8, 4) is 11.1 Å². The molecule has 0 saturated carbocycles. The van der Waals surface area contributed by atoms with E-state index < -0.39 is 0 Å². The number of piperidine rings is 1. The normalized spacial score (nSPS) is 15.6. The Balaban J connectivity index is 1.77. The van der Waals surface area contributed by atoms with E-state index in [-0.39, 0.29) is 6.10 Å². The minimum absolute atomic E-state index is 0.222. The van der Waals surface area contributed by atoms with Crippen molar-refractivity contribution in [2.24, 2.45) is 0 Å². The van der Waals surface area contributed by atoms with Crippen molar-refractivity contribution in [3.63, 3.8) is 0 Å². The van der Waals surface area contributed by atoms with E-state index in [1.54, 1.807) is 0 Å². The summed E-state index contributed by atoms with van der Waals surface area (Å²) in [6.07, 6.45) is 1.23. The summed E-state index contributed by atoms with van der Waals surface area (Å²) < 4.78 is 0. The fourth-order valence-corrected chi connectivity index (χ4v) is 2.76. The van der Waals surface area contributed by atoms with E-state index in [1.807, 2.05) is 41.3 Å². The Labute approximate surface area is 130 Å². The summed E-state index contributed by atoms with van der Waals surface area (Å²) >= 11 is 0. The van der Waals surface area contributed by atoms with E-state index in [4.69, 9.17) is 5.41 Å². The van der Waals surface area contributed by atoms with Gasteiger partial charge >= 0.3 is 0 Å². The first-order chi connectivity index (χ1) is 10.7. The van der Waals surface area contributed by atoms with Crippen LogP contribution in [-0.4, -0.2) is 35.2 Å². The lowest BCUT2D eigenvalue weighted by atomic mass is 10.0. The monoisotopic (exact) mass is 295 g/mol. The largest absolute Gasteiger partial charge is 0.393 e. The summed E-state index contributed by atoms with van der Waals surface area (Å²) in [5, 5.41) is 21.1. The van der Waals surface area contributed by atoms with Crippen LogP contribution in [0.15, 0.2) is 54.6 Å². The highest BCUT2D eigenvalue weighted by Gasteiger charge is 2.19. The van der Waals surface area contributed by atoms with Crippen molar-refractivity contribution in [2.45, 2.75) is 18.9 Å². The van der Waals surface area contributed by atoms with E-state index in [0.29, 0.717) is 5.96 Å². The van der Waals surface area contributed by atoms with Gasteiger partial charge in [0.15, 0.2) is 5.96 Å². The maximum Gasteiger partial charge on any atom is 0.195 e. The van der Waals surface area contributed by atoms with Crippen LogP contribution in [0.4, 0.5) is 5.69 Å². The molecule has 3 N–H and O–H groups in total. The second-order valence-corrected chi connectivity index (χ2v) is 5.60. The number of guanidine groups is 1. The zero-order valence-electron chi connectivity index (χ0n) is 12.5. The number of para-hydroxylation sites is 1. The summed E-state index contributed by atoms with van der Waals surface area (Å²) in [6.45, 7) is 1.45. The van der Waals surface area contributed by atoms with Crippen LogP contribution in [0.1, 0.15) is 12.8 Å². The maximum atomic E-state index is 9.57. The first-order valence-corrected chi connectivity index (χ1v) is 7.67. The molecular weight excluding hydrogens is 274 g/mol. The quantitative estimate of drug-likeness (QED) is 0.589. The van der Waals surface area contributed by atoms with Crippen molar-refractivity contribution < 1.29 is 5.11 Å². The highest BCUT2D eigenvalue weighted by molar-refractivity contribution is 5.95. The van der Waals surface area contributed by atoms with E-state index in [0.717, 1.165) is 42.7 Å². The number of nitrogens with one attached hydrogen (secondary N) is 2. The van der Waals surface area contributed by atoms with E-state index >= 15 is 0 Å². The summed E-state index contributed by atoms with van der Waals surface area (Å²) in [6, 6.07) is 18.2. The second kappa shape index (κ2) is 6.62. The zero-order valence-corrected chi connectivity index (χ0v) is 12.5. The molecule has 3 rings (SSSR count). The average molecular weight is 295 g/mol. The van der Waals surface area contributed by atoms with Crippen LogP contribution >= 0.6 is 0 Å². The Hall–Kier alpha value is -2.33. The Bertz CT molecular complexity index is 634. The third-order valence-electron chi connectivity index (χ3n) is 4.05. The van der Waals surface area contributed by atoms with Gasteiger partial charge in [0.05, 0.1) is 6.10 Å². The molecule has 1 heterocycles. The van der Waals surface area contributed by atoms with Gasteiger partial charge in [0.25, 0.3) is 0 Å². The van der Waals surface area contributed by atoms with Gasteiger partial charge in [-0.25, -0.2) is 0 Å². The number of anilines is 1. The highest BCUT2D eigenvalue weighted by atomic mass is 16.3. The number of likely N-dealkylation sites (tertiary alicyclic amines) is 1. The lowest BCUT2D eigenvalue weighted by Crippen LogP contribution is -2.42. The molecule has 114 valence electrons. The maximum absolute atomic E-state index is 9.57. The van der Waals surface area contributed by atoms with Crippen molar-refractivity contribution in [2.75, 3.05) is 18.4 Å². The SMILES string of the molecule is N=C(Nc1ccccc1-c1ccccc1)N1CCC(O)CC1. The minimum atomic E-state index is -0.222. The van der Waals surface area contributed by atoms with E-state index in [2.05, 4.69) is 23.5 Å². The molecule has 1 aliphatic rings. The molecule has 4 heteroatoms. The predicted octanol–water partition coefficient (Wildman–Crippen LogP) is 3.16. The first-order valence-electron chi connectivity index (χ1n) is 7.67. The molecule has 0 aliphatic carbocycles. The topological polar surface area (TPSA) is 59.4 Å². The molecule has 1 fully saturated rings. The molecule has 0 unspecified atom stereocenters. The Morgan fingerprint density at radius 3 is 2.36 bits per heavy atom. The zero-order chi connectivity index (χ0) is 15.4. The molecule has 0 aromatic heterocycles. The third-order valence-corrected chi connectivity index (χ3v) is 4.05. The van der Waals surface area contributed by atoms with Gasteiger partial charge in [-0.2, -0.15) is 0 Å². The molecule has 1 saturated heterocycles. The van der Waals surface area contributed by atoms with Gasteiger partial charge in [0.1, 0.15) is 0 Å². The van der Waals surface area contributed by atoms with Gasteiger partial charge in [0, 0.05) is 24.3 Å². The molecule has 0 spiro atoms.